The van der Waals surface area contributed by atoms with Crippen molar-refractivity contribution in [1.82, 2.24) is 9.99 Å². The average molecular weight is 411 g/mol. The third-order valence-electron chi connectivity index (χ3n) is 4.81. The minimum atomic E-state index is -0.297. The van der Waals surface area contributed by atoms with Crippen LogP contribution in [0.2, 0.25) is 0 Å². The highest BCUT2D eigenvalue weighted by molar-refractivity contribution is 5.95. The quantitative estimate of drug-likeness (QED) is 0.217. The molecule has 6 heteroatoms. The van der Waals surface area contributed by atoms with Crippen LogP contribution in [0.25, 0.3) is 21.8 Å². The van der Waals surface area contributed by atoms with Gasteiger partial charge >= 0.3 is 0 Å². The van der Waals surface area contributed by atoms with Crippen LogP contribution in [-0.4, -0.2) is 23.3 Å². The molecule has 1 heterocycles. The Hall–Kier alpha value is -4.19. The molecule has 0 saturated carbocycles. The zero-order chi connectivity index (χ0) is 21.6. The number of hydrazone groups is 1. The number of rotatable bonds is 7. The van der Waals surface area contributed by atoms with Crippen molar-refractivity contribution in [2.24, 2.45) is 5.10 Å². The number of ether oxygens (including phenoxy) is 1. The Balaban J connectivity index is 1.56. The lowest BCUT2D eigenvalue weighted by Crippen LogP contribution is -2.25. The van der Waals surface area contributed by atoms with Crippen LogP contribution < -0.4 is 15.6 Å². The molecule has 0 spiro atoms. The van der Waals surface area contributed by atoms with E-state index in [1.807, 2.05) is 65.2 Å². The van der Waals surface area contributed by atoms with E-state index < -0.39 is 0 Å². The van der Waals surface area contributed by atoms with Gasteiger partial charge in [0.2, 0.25) is 0 Å². The number of hydrogen-bond acceptors (Lipinski definition) is 4. The molecule has 0 aliphatic carbocycles. The highest BCUT2D eigenvalue weighted by atomic mass is 16.5. The van der Waals surface area contributed by atoms with Crippen LogP contribution in [0.4, 0.5) is 0 Å². The molecular weight excluding hydrogens is 390 g/mol. The number of carbonyl (C=O) groups excluding carboxylic acids is 1. The molecule has 3 aromatic carbocycles. The van der Waals surface area contributed by atoms with Gasteiger partial charge in [-0.15, -0.1) is 0 Å². The summed E-state index contributed by atoms with van der Waals surface area (Å²) in [5.74, 6) is 0.399. The number of amides is 1. The fourth-order valence-electron chi connectivity index (χ4n) is 3.44. The number of carbonyl (C=O) groups is 1. The number of nitrogens with one attached hydrogen (secondary N) is 1. The Kier molecular flexibility index (Phi) is 5.89. The third-order valence-corrected chi connectivity index (χ3v) is 4.81. The van der Waals surface area contributed by atoms with Crippen molar-refractivity contribution < 1.29 is 9.53 Å². The number of benzene rings is 3. The Morgan fingerprint density at radius 2 is 1.68 bits per heavy atom. The molecule has 4 aromatic rings. The molecule has 0 aliphatic heterocycles. The Morgan fingerprint density at radius 3 is 2.35 bits per heavy atom. The summed E-state index contributed by atoms with van der Waals surface area (Å²) in [5, 5.41) is 5.22. The first kappa shape index (κ1) is 20.1. The summed E-state index contributed by atoms with van der Waals surface area (Å²) in [4.78, 5) is 25.4. The monoisotopic (exact) mass is 411 g/mol. The molecule has 0 fully saturated rings. The van der Waals surface area contributed by atoms with Crippen LogP contribution in [-0.2, 0) is 11.3 Å². The lowest BCUT2D eigenvalue weighted by atomic mass is 10.1. The normalized spacial score (nSPS) is 11.1. The third kappa shape index (κ3) is 4.38. The summed E-state index contributed by atoms with van der Waals surface area (Å²) < 4.78 is 7.33. The number of nitrogens with zero attached hydrogens (tertiary/aromatic N) is 2. The number of pyridine rings is 1. The van der Waals surface area contributed by atoms with Gasteiger partial charge in [-0.1, -0.05) is 49.1 Å². The molecular formula is C25H21N3O3. The topological polar surface area (TPSA) is 72.7 Å². The van der Waals surface area contributed by atoms with E-state index >= 15 is 0 Å². The van der Waals surface area contributed by atoms with E-state index in [1.54, 1.807) is 24.4 Å². The smallest absolute Gasteiger partial charge is 0.260 e. The second-order valence-corrected chi connectivity index (χ2v) is 6.91. The molecule has 0 saturated heterocycles. The standard InChI is InChI=1S/C25H21N3O3/c1-2-14-31-19-9-7-8-18(15-19)16-26-27-24(29)17-28-22-12-5-3-10-20(22)25(30)21-11-4-6-13-23(21)28/h2-13,15-16H,1,14,17H2,(H,27,29)/b26-16+. The molecule has 31 heavy (non-hydrogen) atoms. The van der Waals surface area contributed by atoms with Crippen molar-refractivity contribution >= 4 is 33.9 Å². The van der Waals surface area contributed by atoms with E-state index in [9.17, 15) is 9.59 Å². The van der Waals surface area contributed by atoms with E-state index in [1.165, 1.54) is 0 Å². The number of para-hydroxylation sites is 2. The first-order valence-corrected chi connectivity index (χ1v) is 9.83. The zero-order valence-corrected chi connectivity index (χ0v) is 16.8. The molecule has 1 N–H and O–H groups in total. The first-order valence-electron chi connectivity index (χ1n) is 9.83. The second kappa shape index (κ2) is 9.09. The molecule has 0 bridgehead atoms. The average Bonchev–Trinajstić information content (AvgIpc) is 2.81. The van der Waals surface area contributed by atoms with Crippen molar-refractivity contribution in [3.63, 3.8) is 0 Å². The summed E-state index contributed by atoms with van der Waals surface area (Å²) in [6, 6.07) is 21.9. The molecule has 6 nitrogen and oxygen atoms in total. The van der Waals surface area contributed by atoms with Crippen LogP contribution in [0.5, 0.6) is 5.75 Å². The fourth-order valence-corrected chi connectivity index (χ4v) is 3.44. The van der Waals surface area contributed by atoms with Gasteiger partial charge in [-0.3, -0.25) is 9.59 Å². The van der Waals surface area contributed by atoms with Gasteiger partial charge in [0.1, 0.15) is 18.9 Å². The minimum absolute atomic E-state index is 0.0289. The Labute approximate surface area is 179 Å². The van der Waals surface area contributed by atoms with Gasteiger partial charge in [0.15, 0.2) is 5.43 Å². The van der Waals surface area contributed by atoms with Gasteiger partial charge in [-0.05, 0) is 42.0 Å². The minimum Gasteiger partial charge on any atom is -0.490 e. The van der Waals surface area contributed by atoms with Crippen LogP contribution in [0.1, 0.15) is 5.56 Å². The summed E-state index contributed by atoms with van der Waals surface area (Å²) in [6.45, 7) is 4.07. The van der Waals surface area contributed by atoms with Crippen molar-refractivity contribution in [2.45, 2.75) is 6.54 Å². The van der Waals surface area contributed by atoms with E-state index in [0.717, 1.165) is 5.56 Å². The fraction of sp³-hybridized carbons (Fsp3) is 0.0800. The van der Waals surface area contributed by atoms with Crippen molar-refractivity contribution in [3.8, 4) is 5.75 Å². The van der Waals surface area contributed by atoms with E-state index in [4.69, 9.17) is 4.74 Å². The lowest BCUT2D eigenvalue weighted by molar-refractivity contribution is -0.121. The highest BCUT2D eigenvalue weighted by Gasteiger charge is 2.12. The number of aromatic nitrogens is 1. The summed E-state index contributed by atoms with van der Waals surface area (Å²) >= 11 is 0. The molecule has 0 radical (unpaired) electrons. The molecule has 0 unspecified atom stereocenters. The van der Waals surface area contributed by atoms with Gasteiger partial charge in [0, 0.05) is 10.8 Å². The maximum Gasteiger partial charge on any atom is 0.260 e. The van der Waals surface area contributed by atoms with Crippen molar-refractivity contribution in [3.05, 3.63) is 101 Å². The molecule has 1 amide bonds. The molecule has 0 aliphatic rings. The maximum atomic E-state index is 12.8. The highest BCUT2D eigenvalue weighted by Crippen LogP contribution is 2.19. The van der Waals surface area contributed by atoms with Gasteiger partial charge in [-0.2, -0.15) is 5.10 Å². The second-order valence-electron chi connectivity index (χ2n) is 6.91. The van der Waals surface area contributed by atoms with Gasteiger partial charge in [-0.25, -0.2) is 5.43 Å². The SMILES string of the molecule is C=CCOc1cccc(/C=N/NC(=O)Cn2c3ccccc3c(=O)c3ccccc32)c1. The van der Waals surface area contributed by atoms with E-state index in [2.05, 4.69) is 17.1 Å². The van der Waals surface area contributed by atoms with E-state index in [-0.39, 0.29) is 17.9 Å². The van der Waals surface area contributed by atoms with Gasteiger partial charge in [0.05, 0.1) is 17.2 Å². The van der Waals surface area contributed by atoms with Crippen LogP contribution in [0.3, 0.4) is 0 Å². The Morgan fingerprint density at radius 1 is 1.00 bits per heavy atom. The summed E-state index contributed by atoms with van der Waals surface area (Å²) in [7, 11) is 0. The number of fused-ring (bicyclic) bond motifs is 2. The van der Waals surface area contributed by atoms with Gasteiger partial charge in [0.25, 0.3) is 5.91 Å². The molecule has 1 aromatic heterocycles. The van der Waals surface area contributed by atoms with Crippen LogP contribution >= 0.6 is 0 Å². The molecule has 154 valence electrons. The van der Waals surface area contributed by atoms with Crippen molar-refractivity contribution in [2.75, 3.05) is 6.61 Å². The molecule has 4 rings (SSSR count). The largest absolute Gasteiger partial charge is 0.490 e. The van der Waals surface area contributed by atoms with Crippen LogP contribution in [0.15, 0.2) is 95.3 Å². The predicted octanol–water partition coefficient (Wildman–Crippen LogP) is 3.87. The zero-order valence-electron chi connectivity index (χ0n) is 16.8. The lowest BCUT2D eigenvalue weighted by Gasteiger charge is -2.14. The van der Waals surface area contributed by atoms with E-state index in [0.29, 0.717) is 34.2 Å². The van der Waals surface area contributed by atoms with Crippen LogP contribution in [0, 0.1) is 0 Å². The summed E-state index contributed by atoms with van der Waals surface area (Å²) in [6.07, 6.45) is 3.23. The van der Waals surface area contributed by atoms with Gasteiger partial charge < -0.3 is 9.30 Å². The maximum absolute atomic E-state index is 12.8. The molecule has 0 atom stereocenters. The Bertz CT molecular complexity index is 1300. The predicted molar refractivity (Wildman–Crippen MR) is 124 cm³/mol. The first-order chi connectivity index (χ1) is 15.2. The summed E-state index contributed by atoms with van der Waals surface area (Å²) in [5.41, 5.74) is 4.72. The number of hydrogen-bond donors (Lipinski definition) is 1. The van der Waals surface area contributed by atoms with Crippen molar-refractivity contribution in [1.29, 1.82) is 0 Å².